The zero-order chi connectivity index (χ0) is 13.7. The van der Waals surface area contributed by atoms with Crippen molar-refractivity contribution in [1.82, 2.24) is 15.2 Å². The zero-order valence-corrected chi connectivity index (χ0v) is 12.5. The summed E-state index contributed by atoms with van der Waals surface area (Å²) in [4.78, 5) is 6.60. The number of thiazole rings is 1. The number of aromatic nitrogens is 1. The second kappa shape index (κ2) is 6.80. The first-order valence-electron chi connectivity index (χ1n) is 6.52. The van der Waals surface area contributed by atoms with Gasteiger partial charge in [0, 0.05) is 24.2 Å². The molecule has 1 aromatic heterocycles. The molecule has 19 heavy (non-hydrogen) atoms. The van der Waals surface area contributed by atoms with Crippen molar-refractivity contribution in [1.29, 1.82) is 0 Å². The molecular formula is C15H21N3S. The van der Waals surface area contributed by atoms with Crippen LogP contribution in [0.4, 0.5) is 0 Å². The number of likely N-dealkylation sites (N-methyl/N-ethyl adjacent to an activating group) is 1. The van der Waals surface area contributed by atoms with Crippen molar-refractivity contribution in [3.05, 3.63) is 52.5 Å². The van der Waals surface area contributed by atoms with Gasteiger partial charge in [-0.3, -0.25) is 0 Å². The number of nitrogens with zero attached hydrogens (tertiary/aromatic N) is 2. The Kier molecular flexibility index (Phi) is 5.07. The van der Waals surface area contributed by atoms with E-state index >= 15 is 0 Å². The van der Waals surface area contributed by atoms with Crippen LogP contribution in [0.1, 0.15) is 29.6 Å². The predicted octanol–water partition coefficient (Wildman–Crippen LogP) is 3.10. The molecule has 102 valence electrons. The van der Waals surface area contributed by atoms with Crippen LogP contribution in [0.3, 0.4) is 0 Å². The Hall–Kier alpha value is -1.23. The largest absolute Gasteiger partial charge is 0.306 e. The summed E-state index contributed by atoms with van der Waals surface area (Å²) < 4.78 is 0. The fourth-order valence-corrected chi connectivity index (χ4v) is 2.77. The summed E-state index contributed by atoms with van der Waals surface area (Å²) in [7, 11) is 4.24. The topological polar surface area (TPSA) is 28.2 Å². The number of rotatable bonds is 6. The maximum absolute atomic E-state index is 4.35. The van der Waals surface area contributed by atoms with Gasteiger partial charge >= 0.3 is 0 Å². The third-order valence-electron chi connectivity index (χ3n) is 3.25. The van der Waals surface area contributed by atoms with Crippen LogP contribution in [-0.2, 0) is 0 Å². The van der Waals surface area contributed by atoms with Gasteiger partial charge in [0.1, 0.15) is 5.01 Å². The predicted molar refractivity (Wildman–Crippen MR) is 81.4 cm³/mol. The van der Waals surface area contributed by atoms with Gasteiger partial charge in [0.05, 0.1) is 6.04 Å². The average Bonchev–Trinajstić information content (AvgIpc) is 2.93. The molecule has 0 spiro atoms. The molecule has 2 atom stereocenters. The number of nitrogens with one attached hydrogen (secondary N) is 1. The maximum atomic E-state index is 4.35. The highest BCUT2D eigenvalue weighted by Gasteiger charge is 2.15. The van der Waals surface area contributed by atoms with Gasteiger partial charge in [-0.15, -0.1) is 11.3 Å². The minimum atomic E-state index is 0.297. The summed E-state index contributed by atoms with van der Waals surface area (Å²) in [5, 5.41) is 6.74. The van der Waals surface area contributed by atoms with E-state index in [4.69, 9.17) is 0 Å². The molecular weight excluding hydrogens is 254 g/mol. The van der Waals surface area contributed by atoms with Gasteiger partial charge in [0.25, 0.3) is 0 Å². The molecule has 1 heterocycles. The normalized spacial score (nSPS) is 14.5. The van der Waals surface area contributed by atoms with Crippen molar-refractivity contribution in [2.24, 2.45) is 0 Å². The van der Waals surface area contributed by atoms with E-state index < -0.39 is 0 Å². The van der Waals surface area contributed by atoms with E-state index in [1.165, 1.54) is 5.56 Å². The van der Waals surface area contributed by atoms with Crippen LogP contribution < -0.4 is 5.32 Å². The molecule has 0 saturated carbocycles. The number of hydrogen-bond donors (Lipinski definition) is 1. The Labute approximate surface area is 119 Å². The molecule has 3 nitrogen and oxygen atoms in total. The molecule has 1 aromatic carbocycles. The van der Waals surface area contributed by atoms with E-state index in [2.05, 4.69) is 66.6 Å². The Morgan fingerprint density at radius 1 is 1.26 bits per heavy atom. The first kappa shape index (κ1) is 14.2. The fraction of sp³-hybridized carbons (Fsp3) is 0.400. The Balaban J connectivity index is 1.98. The van der Waals surface area contributed by atoms with Gasteiger partial charge in [-0.05, 0) is 26.6 Å². The molecule has 0 fully saturated rings. The minimum absolute atomic E-state index is 0.297. The van der Waals surface area contributed by atoms with Crippen molar-refractivity contribution in [3.63, 3.8) is 0 Å². The summed E-state index contributed by atoms with van der Waals surface area (Å²) >= 11 is 1.70. The van der Waals surface area contributed by atoms with Gasteiger partial charge in [-0.2, -0.15) is 0 Å². The number of benzene rings is 1. The van der Waals surface area contributed by atoms with Crippen LogP contribution in [0.25, 0.3) is 0 Å². The lowest BCUT2D eigenvalue weighted by atomic mass is 10.1. The third-order valence-corrected chi connectivity index (χ3v) is 4.21. The molecule has 0 aliphatic heterocycles. The highest BCUT2D eigenvalue weighted by Crippen LogP contribution is 2.20. The molecule has 2 unspecified atom stereocenters. The molecule has 1 N–H and O–H groups in total. The SMILES string of the molecule is CC(NCC(c1ccccc1)N(C)C)c1nccs1. The maximum Gasteiger partial charge on any atom is 0.109 e. The van der Waals surface area contributed by atoms with E-state index in [1.54, 1.807) is 11.3 Å². The zero-order valence-electron chi connectivity index (χ0n) is 11.7. The fourth-order valence-electron chi connectivity index (χ4n) is 2.10. The Bertz CT molecular complexity index is 467. The standard InChI is InChI=1S/C15H21N3S/c1-12(15-16-9-10-19-15)17-11-14(18(2)3)13-7-5-4-6-8-13/h4-10,12,14,17H,11H2,1-3H3. The van der Waals surface area contributed by atoms with Crippen molar-refractivity contribution in [3.8, 4) is 0 Å². The summed E-state index contributed by atoms with van der Waals surface area (Å²) in [5.41, 5.74) is 1.34. The molecule has 0 aliphatic carbocycles. The Morgan fingerprint density at radius 2 is 2.00 bits per heavy atom. The summed E-state index contributed by atoms with van der Waals surface area (Å²) in [5.74, 6) is 0. The molecule has 0 aliphatic rings. The molecule has 0 saturated heterocycles. The monoisotopic (exact) mass is 275 g/mol. The highest BCUT2D eigenvalue weighted by molar-refractivity contribution is 7.09. The van der Waals surface area contributed by atoms with Crippen molar-refractivity contribution in [2.45, 2.75) is 19.0 Å². The van der Waals surface area contributed by atoms with Crippen LogP contribution >= 0.6 is 11.3 Å². The molecule has 0 bridgehead atoms. The van der Waals surface area contributed by atoms with Crippen molar-refractivity contribution in [2.75, 3.05) is 20.6 Å². The van der Waals surface area contributed by atoms with Gasteiger partial charge in [0.2, 0.25) is 0 Å². The molecule has 2 aromatic rings. The van der Waals surface area contributed by atoms with Crippen LogP contribution in [0.15, 0.2) is 41.9 Å². The molecule has 0 amide bonds. The highest BCUT2D eigenvalue weighted by atomic mass is 32.1. The first-order chi connectivity index (χ1) is 9.18. The third kappa shape index (κ3) is 3.86. The lowest BCUT2D eigenvalue weighted by Gasteiger charge is -2.26. The van der Waals surface area contributed by atoms with Crippen molar-refractivity contribution < 1.29 is 0 Å². The van der Waals surface area contributed by atoms with Gasteiger partial charge < -0.3 is 10.2 Å². The molecule has 2 rings (SSSR count). The summed E-state index contributed by atoms with van der Waals surface area (Å²) in [6.07, 6.45) is 1.86. The lowest BCUT2D eigenvalue weighted by molar-refractivity contribution is 0.281. The van der Waals surface area contributed by atoms with E-state index in [1.807, 2.05) is 11.6 Å². The lowest BCUT2D eigenvalue weighted by Crippen LogP contribution is -2.32. The van der Waals surface area contributed by atoms with Gasteiger partial charge in [0.15, 0.2) is 0 Å². The van der Waals surface area contributed by atoms with Gasteiger partial charge in [-0.25, -0.2) is 4.98 Å². The van der Waals surface area contributed by atoms with Crippen LogP contribution in [0.5, 0.6) is 0 Å². The second-order valence-electron chi connectivity index (χ2n) is 4.89. The second-order valence-corrected chi connectivity index (χ2v) is 5.82. The van der Waals surface area contributed by atoms with Crippen LogP contribution in [0, 0.1) is 0 Å². The van der Waals surface area contributed by atoms with Gasteiger partial charge in [-0.1, -0.05) is 30.3 Å². The number of hydrogen-bond acceptors (Lipinski definition) is 4. The first-order valence-corrected chi connectivity index (χ1v) is 7.40. The van der Waals surface area contributed by atoms with Crippen molar-refractivity contribution >= 4 is 11.3 Å². The smallest absolute Gasteiger partial charge is 0.109 e. The molecule has 4 heteroatoms. The Morgan fingerprint density at radius 3 is 2.58 bits per heavy atom. The van der Waals surface area contributed by atoms with E-state index in [0.29, 0.717) is 12.1 Å². The van der Waals surface area contributed by atoms with E-state index in [0.717, 1.165) is 11.6 Å². The van der Waals surface area contributed by atoms with Crippen LogP contribution in [-0.4, -0.2) is 30.5 Å². The summed E-state index contributed by atoms with van der Waals surface area (Å²) in [6.45, 7) is 3.08. The minimum Gasteiger partial charge on any atom is -0.306 e. The van der Waals surface area contributed by atoms with E-state index in [9.17, 15) is 0 Å². The quantitative estimate of drug-likeness (QED) is 0.878. The van der Waals surface area contributed by atoms with Crippen LogP contribution in [0.2, 0.25) is 0 Å². The van der Waals surface area contributed by atoms with E-state index in [-0.39, 0.29) is 0 Å². The summed E-state index contributed by atoms with van der Waals surface area (Å²) in [6, 6.07) is 11.3. The molecule has 0 radical (unpaired) electrons. The average molecular weight is 275 g/mol.